The second-order valence-electron chi connectivity index (χ2n) is 3.62. The first-order chi connectivity index (χ1) is 6.77. The lowest BCUT2D eigenvalue weighted by molar-refractivity contribution is 0.561. The Morgan fingerprint density at radius 3 is 2.79 bits per heavy atom. The van der Waals surface area contributed by atoms with Gasteiger partial charge in [0.1, 0.15) is 0 Å². The SMILES string of the molecule is CC(C)n1cncc1Cn1ccnc1. The second kappa shape index (κ2) is 3.65. The quantitative estimate of drug-likeness (QED) is 0.738. The van der Waals surface area contributed by atoms with Crippen LogP contribution in [-0.2, 0) is 6.54 Å². The van der Waals surface area contributed by atoms with Crippen molar-refractivity contribution in [3.8, 4) is 0 Å². The van der Waals surface area contributed by atoms with Crippen LogP contribution in [0.2, 0.25) is 0 Å². The third-order valence-electron chi connectivity index (χ3n) is 2.21. The first-order valence-electron chi connectivity index (χ1n) is 4.74. The number of hydrogen-bond donors (Lipinski definition) is 0. The highest BCUT2D eigenvalue weighted by Gasteiger charge is 2.04. The van der Waals surface area contributed by atoms with E-state index >= 15 is 0 Å². The van der Waals surface area contributed by atoms with E-state index in [0.717, 1.165) is 6.54 Å². The number of aromatic nitrogens is 4. The van der Waals surface area contributed by atoms with Gasteiger partial charge < -0.3 is 9.13 Å². The Morgan fingerprint density at radius 1 is 1.29 bits per heavy atom. The predicted molar refractivity (Wildman–Crippen MR) is 53.9 cm³/mol. The molecule has 0 amide bonds. The smallest absolute Gasteiger partial charge is 0.0951 e. The van der Waals surface area contributed by atoms with Gasteiger partial charge in [-0.3, -0.25) is 0 Å². The van der Waals surface area contributed by atoms with E-state index in [-0.39, 0.29) is 0 Å². The molecule has 2 aromatic rings. The van der Waals surface area contributed by atoms with Crippen LogP contribution in [0.1, 0.15) is 25.6 Å². The van der Waals surface area contributed by atoms with Gasteiger partial charge in [0, 0.05) is 24.6 Å². The van der Waals surface area contributed by atoms with Crippen LogP contribution in [0.15, 0.2) is 31.2 Å². The molecule has 2 rings (SSSR count). The van der Waals surface area contributed by atoms with Crippen LogP contribution in [-0.4, -0.2) is 19.1 Å². The van der Waals surface area contributed by atoms with E-state index in [4.69, 9.17) is 0 Å². The fourth-order valence-corrected chi connectivity index (χ4v) is 1.49. The molecule has 0 radical (unpaired) electrons. The number of rotatable bonds is 3. The number of hydrogen-bond acceptors (Lipinski definition) is 2. The summed E-state index contributed by atoms with van der Waals surface area (Å²) in [6.07, 6.45) is 9.34. The van der Waals surface area contributed by atoms with Crippen molar-refractivity contribution < 1.29 is 0 Å². The minimum Gasteiger partial charge on any atom is -0.332 e. The maximum atomic E-state index is 4.15. The third kappa shape index (κ3) is 1.69. The van der Waals surface area contributed by atoms with E-state index in [0.29, 0.717) is 6.04 Å². The number of nitrogens with zero attached hydrogens (tertiary/aromatic N) is 4. The molecule has 0 saturated carbocycles. The van der Waals surface area contributed by atoms with Gasteiger partial charge in [0.15, 0.2) is 0 Å². The standard InChI is InChI=1S/C10H14N4/c1-9(2)14-8-12-5-10(14)6-13-4-3-11-7-13/h3-5,7-9H,6H2,1-2H3. The van der Waals surface area contributed by atoms with Gasteiger partial charge in [0.05, 0.1) is 24.9 Å². The zero-order valence-corrected chi connectivity index (χ0v) is 8.46. The number of imidazole rings is 2. The van der Waals surface area contributed by atoms with E-state index in [1.807, 2.05) is 29.6 Å². The Bertz CT molecular complexity index is 386. The van der Waals surface area contributed by atoms with E-state index in [9.17, 15) is 0 Å². The van der Waals surface area contributed by atoms with E-state index < -0.39 is 0 Å². The summed E-state index contributed by atoms with van der Waals surface area (Å²) in [5.74, 6) is 0. The molecule has 0 saturated heterocycles. The Labute approximate surface area is 83.2 Å². The van der Waals surface area contributed by atoms with Crippen LogP contribution in [0.5, 0.6) is 0 Å². The normalized spacial score (nSPS) is 11.1. The highest BCUT2D eigenvalue weighted by molar-refractivity contribution is 5.01. The van der Waals surface area contributed by atoms with Crippen LogP contribution < -0.4 is 0 Å². The van der Waals surface area contributed by atoms with Crippen molar-refractivity contribution in [2.45, 2.75) is 26.4 Å². The Balaban J connectivity index is 2.21. The molecule has 4 heteroatoms. The molecule has 2 heterocycles. The Hall–Kier alpha value is -1.58. The molecule has 0 aliphatic heterocycles. The van der Waals surface area contributed by atoms with Crippen LogP contribution in [0.3, 0.4) is 0 Å². The van der Waals surface area contributed by atoms with Gasteiger partial charge in [-0.25, -0.2) is 9.97 Å². The van der Waals surface area contributed by atoms with Crippen molar-refractivity contribution in [2.75, 3.05) is 0 Å². The molecular formula is C10H14N4. The molecule has 0 aliphatic rings. The minimum atomic E-state index is 0.455. The summed E-state index contributed by atoms with van der Waals surface area (Å²) < 4.78 is 4.20. The van der Waals surface area contributed by atoms with Gasteiger partial charge in [-0.15, -0.1) is 0 Å². The highest BCUT2D eigenvalue weighted by atomic mass is 15.1. The second-order valence-corrected chi connectivity index (χ2v) is 3.62. The molecule has 0 bridgehead atoms. The highest BCUT2D eigenvalue weighted by Crippen LogP contribution is 2.09. The van der Waals surface area contributed by atoms with E-state index in [1.54, 1.807) is 6.20 Å². The van der Waals surface area contributed by atoms with Crippen molar-refractivity contribution in [3.05, 3.63) is 36.9 Å². The molecule has 0 aliphatic carbocycles. The average molecular weight is 190 g/mol. The molecule has 4 nitrogen and oxygen atoms in total. The lowest BCUT2D eigenvalue weighted by Gasteiger charge is -2.11. The molecule has 0 unspecified atom stereocenters. The summed E-state index contributed by atoms with van der Waals surface area (Å²) in [4.78, 5) is 8.16. The van der Waals surface area contributed by atoms with Gasteiger partial charge >= 0.3 is 0 Å². The lowest BCUT2D eigenvalue weighted by Crippen LogP contribution is -2.07. The minimum absolute atomic E-state index is 0.455. The molecule has 0 N–H and O–H groups in total. The molecule has 2 aromatic heterocycles. The van der Waals surface area contributed by atoms with Gasteiger partial charge in [0.2, 0.25) is 0 Å². The fraction of sp³-hybridized carbons (Fsp3) is 0.400. The van der Waals surface area contributed by atoms with Gasteiger partial charge in [0.25, 0.3) is 0 Å². The molecular weight excluding hydrogens is 176 g/mol. The fourth-order valence-electron chi connectivity index (χ4n) is 1.49. The maximum absolute atomic E-state index is 4.15. The van der Waals surface area contributed by atoms with Crippen LogP contribution in [0.4, 0.5) is 0 Å². The summed E-state index contributed by atoms with van der Waals surface area (Å²) in [6.45, 7) is 5.14. The first kappa shape index (κ1) is 8.99. The first-order valence-corrected chi connectivity index (χ1v) is 4.74. The van der Waals surface area contributed by atoms with Crippen molar-refractivity contribution in [3.63, 3.8) is 0 Å². The van der Waals surface area contributed by atoms with Gasteiger partial charge in [-0.2, -0.15) is 0 Å². The summed E-state index contributed by atoms with van der Waals surface area (Å²) >= 11 is 0. The summed E-state index contributed by atoms with van der Waals surface area (Å²) in [5, 5.41) is 0. The van der Waals surface area contributed by atoms with E-state index in [2.05, 4.69) is 28.4 Å². The third-order valence-corrected chi connectivity index (χ3v) is 2.21. The summed E-state index contributed by atoms with van der Waals surface area (Å²) in [6, 6.07) is 0.455. The molecule has 0 atom stereocenters. The van der Waals surface area contributed by atoms with Gasteiger partial charge in [-0.05, 0) is 13.8 Å². The average Bonchev–Trinajstić information content (AvgIpc) is 2.75. The molecule has 0 fully saturated rings. The van der Waals surface area contributed by atoms with Crippen LogP contribution >= 0.6 is 0 Å². The van der Waals surface area contributed by atoms with Crippen molar-refractivity contribution >= 4 is 0 Å². The zero-order valence-electron chi connectivity index (χ0n) is 8.46. The molecule has 0 aromatic carbocycles. The maximum Gasteiger partial charge on any atom is 0.0951 e. The van der Waals surface area contributed by atoms with E-state index in [1.165, 1.54) is 5.69 Å². The Morgan fingerprint density at radius 2 is 2.14 bits per heavy atom. The zero-order chi connectivity index (χ0) is 9.97. The van der Waals surface area contributed by atoms with Crippen LogP contribution in [0.25, 0.3) is 0 Å². The predicted octanol–water partition coefficient (Wildman–Crippen LogP) is 1.71. The Kier molecular flexibility index (Phi) is 2.35. The largest absolute Gasteiger partial charge is 0.332 e. The van der Waals surface area contributed by atoms with Gasteiger partial charge in [-0.1, -0.05) is 0 Å². The van der Waals surface area contributed by atoms with Crippen LogP contribution in [0, 0.1) is 0 Å². The van der Waals surface area contributed by atoms with Crippen molar-refractivity contribution in [2.24, 2.45) is 0 Å². The van der Waals surface area contributed by atoms with Crippen molar-refractivity contribution in [1.82, 2.24) is 19.1 Å². The molecule has 74 valence electrons. The summed E-state index contributed by atoms with van der Waals surface area (Å²) in [5.41, 5.74) is 1.21. The topological polar surface area (TPSA) is 35.6 Å². The molecule has 0 spiro atoms. The lowest BCUT2D eigenvalue weighted by atomic mass is 10.3. The summed E-state index contributed by atoms with van der Waals surface area (Å²) in [7, 11) is 0. The van der Waals surface area contributed by atoms with Crippen molar-refractivity contribution in [1.29, 1.82) is 0 Å². The molecule has 14 heavy (non-hydrogen) atoms. The monoisotopic (exact) mass is 190 g/mol.